The van der Waals surface area contributed by atoms with Crippen molar-refractivity contribution in [3.8, 4) is 0 Å². The summed E-state index contributed by atoms with van der Waals surface area (Å²) in [6.07, 6.45) is 6.53. The van der Waals surface area contributed by atoms with Crippen molar-refractivity contribution in [1.82, 2.24) is 15.3 Å². The Bertz CT molecular complexity index is 609. The number of hydrogen-bond acceptors (Lipinski definition) is 5. The maximum atomic E-state index is 4.46. The lowest BCUT2D eigenvalue weighted by Crippen LogP contribution is -2.45. The van der Waals surface area contributed by atoms with Gasteiger partial charge >= 0.3 is 0 Å². The van der Waals surface area contributed by atoms with Gasteiger partial charge in [0.2, 0.25) is 0 Å². The normalized spacial score (nSPS) is 21.4. The summed E-state index contributed by atoms with van der Waals surface area (Å²) >= 11 is 0. The van der Waals surface area contributed by atoms with Crippen LogP contribution in [0.5, 0.6) is 0 Å². The van der Waals surface area contributed by atoms with Crippen LogP contribution < -0.4 is 15.1 Å². The van der Waals surface area contributed by atoms with Crippen LogP contribution >= 0.6 is 0 Å². The summed E-state index contributed by atoms with van der Waals surface area (Å²) in [5.74, 6) is 0.925. The van der Waals surface area contributed by atoms with Crippen molar-refractivity contribution in [1.29, 1.82) is 0 Å². The lowest BCUT2D eigenvalue weighted by Gasteiger charge is -2.41. The summed E-state index contributed by atoms with van der Waals surface area (Å²) in [5.41, 5.74) is 2.54. The largest absolute Gasteiger partial charge is 0.364 e. The molecule has 1 aromatic carbocycles. The minimum absolute atomic E-state index is 0.607. The molecule has 0 spiro atoms. The standard InChI is InChI=1S/C16H19N5/c1-2-4-15-14(3-1)20(13-5-6-17-11-13)9-10-21(15)16-12-18-7-8-19-16/h1-4,7-8,12-13,17H,5-6,9-11H2. The highest BCUT2D eigenvalue weighted by Crippen LogP contribution is 2.37. The molecule has 5 nitrogen and oxygen atoms in total. The Labute approximate surface area is 124 Å². The molecular formula is C16H19N5. The van der Waals surface area contributed by atoms with E-state index in [1.54, 1.807) is 12.4 Å². The van der Waals surface area contributed by atoms with Crippen LogP contribution in [0.2, 0.25) is 0 Å². The van der Waals surface area contributed by atoms with Crippen molar-refractivity contribution in [2.75, 3.05) is 36.0 Å². The monoisotopic (exact) mass is 281 g/mol. The van der Waals surface area contributed by atoms with Crippen molar-refractivity contribution >= 4 is 17.2 Å². The number of rotatable bonds is 2. The van der Waals surface area contributed by atoms with Gasteiger partial charge in [-0.15, -0.1) is 0 Å². The van der Waals surface area contributed by atoms with E-state index < -0.39 is 0 Å². The first-order chi connectivity index (χ1) is 10.4. The number of fused-ring (bicyclic) bond motifs is 1. The zero-order valence-electron chi connectivity index (χ0n) is 11.9. The first-order valence-corrected chi connectivity index (χ1v) is 7.53. The molecule has 0 bridgehead atoms. The molecule has 21 heavy (non-hydrogen) atoms. The minimum atomic E-state index is 0.607. The molecule has 1 atom stereocenters. The molecule has 3 heterocycles. The Kier molecular flexibility index (Phi) is 3.20. The van der Waals surface area contributed by atoms with Crippen LogP contribution in [0.4, 0.5) is 17.2 Å². The smallest absolute Gasteiger partial charge is 0.151 e. The van der Waals surface area contributed by atoms with Gasteiger partial charge in [-0.1, -0.05) is 12.1 Å². The number of nitrogens with one attached hydrogen (secondary N) is 1. The number of nitrogens with zero attached hydrogens (tertiary/aromatic N) is 4. The van der Waals surface area contributed by atoms with E-state index in [9.17, 15) is 0 Å². The Morgan fingerprint density at radius 1 is 1.10 bits per heavy atom. The lowest BCUT2D eigenvalue weighted by molar-refractivity contribution is 0.618. The summed E-state index contributed by atoms with van der Waals surface area (Å²) in [6.45, 7) is 4.18. The van der Waals surface area contributed by atoms with Gasteiger partial charge in [-0.05, 0) is 25.1 Å². The summed E-state index contributed by atoms with van der Waals surface area (Å²) in [6, 6.07) is 9.22. The van der Waals surface area contributed by atoms with Gasteiger partial charge in [0.15, 0.2) is 5.82 Å². The fourth-order valence-corrected chi connectivity index (χ4v) is 3.34. The molecule has 1 N–H and O–H groups in total. The van der Waals surface area contributed by atoms with Crippen molar-refractivity contribution in [2.24, 2.45) is 0 Å². The van der Waals surface area contributed by atoms with Crippen molar-refractivity contribution in [2.45, 2.75) is 12.5 Å². The van der Waals surface area contributed by atoms with Crippen LogP contribution in [-0.4, -0.2) is 42.2 Å². The Hall–Kier alpha value is -2.14. The first-order valence-electron chi connectivity index (χ1n) is 7.53. The topological polar surface area (TPSA) is 44.3 Å². The second-order valence-corrected chi connectivity index (χ2v) is 5.54. The van der Waals surface area contributed by atoms with E-state index in [4.69, 9.17) is 0 Å². The van der Waals surface area contributed by atoms with E-state index >= 15 is 0 Å². The van der Waals surface area contributed by atoms with Gasteiger partial charge < -0.3 is 15.1 Å². The van der Waals surface area contributed by atoms with Crippen LogP contribution in [-0.2, 0) is 0 Å². The molecule has 0 radical (unpaired) electrons. The van der Waals surface area contributed by atoms with E-state index in [2.05, 4.69) is 49.4 Å². The summed E-state index contributed by atoms with van der Waals surface area (Å²) in [4.78, 5) is 13.5. The number of hydrogen-bond donors (Lipinski definition) is 1. The number of para-hydroxylation sites is 2. The predicted molar refractivity (Wildman–Crippen MR) is 84.1 cm³/mol. The van der Waals surface area contributed by atoms with Crippen LogP contribution in [0.3, 0.4) is 0 Å². The highest BCUT2D eigenvalue weighted by Gasteiger charge is 2.30. The summed E-state index contributed by atoms with van der Waals surface area (Å²) in [7, 11) is 0. The van der Waals surface area contributed by atoms with Gasteiger partial charge in [0, 0.05) is 38.1 Å². The third-order valence-electron chi connectivity index (χ3n) is 4.35. The quantitative estimate of drug-likeness (QED) is 0.909. The van der Waals surface area contributed by atoms with Gasteiger partial charge in [-0.3, -0.25) is 4.98 Å². The van der Waals surface area contributed by atoms with E-state index in [1.165, 1.54) is 17.8 Å². The zero-order chi connectivity index (χ0) is 14.1. The average molecular weight is 281 g/mol. The molecular weight excluding hydrogens is 262 g/mol. The van der Waals surface area contributed by atoms with Crippen molar-refractivity contribution < 1.29 is 0 Å². The molecule has 1 aromatic heterocycles. The number of aromatic nitrogens is 2. The van der Waals surface area contributed by atoms with Gasteiger partial charge in [-0.25, -0.2) is 4.98 Å². The van der Waals surface area contributed by atoms with Gasteiger partial charge in [0.05, 0.1) is 17.6 Å². The molecule has 0 amide bonds. The molecule has 2 aliphatic heterocycles. The average Bonchev–Trinajstić information content (AvgIpc) is 3.09. The third-order valence-corrected chi connectivity index (χ3v) is 4.35. The van der Waals surface area contributed by atoms with Crippen LogP contribution in [0.1, 0.15) is 6.42 Å². The molecule has 108 valence electrons. The van der Waals surface area contributed by atoms with Crippen molar-refractivity contribution in [3.63, 3.8) is 0 Å². The maximum absolute atomic E-state index is 4.46. The van der Waals surface area contributed by atoms with E-state index in [1.807, 2.05) is 6.20 Å². The van der Waals surface area contributed by atoms with Gasteiger partial charge in [-0.2, -0.15) is 0 Å². The second kappa shape index (κ2) is 5.33. The molecule has 1 fully saturated rings. The minimum Gasteiger partial charge on any atom is -0.364 e. The third kappa shape index (κ3) is 2.23. The fourth-order valence-electron chi connectivity index (χ4n) is 3.34. The zero-order valence-corrected chi connectivity index (χ0v) is 11.9. The molecule has 2 aliphatic rings. The van der Waals surface area contributed by atoms with Gasteiger partial charge in [0.25, 0.3) is 0 Å². The molecule has 1 saturated heterocycles. The maximum Gasteiger partial charge on any atom is 0.151 e. The molecule has 5 heteroatoms. The molecule has 2 aromatic rings. The Morgan fingerprint density at radius 2 is 2.00 bits per heavy atom. The predicted octanol–water partition coefficient (Wildman–Crippen LogP) is 1.80. The highest BCUT2D eigenvalue weighted by molar-refractivity contribution is 5.78. The van der Waals surface area contributed by atoms with Crippen LogP contribution in [0.15, 0.2) is 42.9 Å². The highest BCUT2D eigenvalue weighted by atomic mass is 15.3. The molecule has 1 unspecified atom stereocenters. The molecule has 4 rings (SSSR count). The van der Waals surface area contributed by atoms with Gasteiger partial charge in [0.1, 0.15) is 0 Å². The number of benzene rings is 1. The molecule has 0 saturated carbocycles. The lowest BCUT2D eigenvalue weighted by atomic mass is 10.1. The second-order valence-electron chi connectivity index (χ2n) is 5.54. The summed E-state index contributed by atoms with van der Waals surface area (Å²) < 4.78 is 0. The van der Waals surface area contributed by atoms with E-state index in [-0.39, 0.29) is 0 Å². The summed E-state index contributed by atoms with van der Waals surface area (Å²) in [5, 5.41) is 3.47. The van der Waals surface area contributed by atoms with E-state index in [0.29, 0.717) is 6.04 Å². The first kappa shape index (κ1) is 12.6. The SMILES string of the molecule is c1ccc2c(c1)N(c1cnccn1)CCN2C1CCNC1. The fraction of sp³-hybridized carbons (Fsp3) is 0.375. The van der Waals surface area contributed by atoms with E-state index in [0.717, 1.165) is 32.0 Å². The Balaban J connectivity index is 1.72. The van der Waals surface area contributed by atoms with Crippen LogP contribution in [0, 0.1) is 0 Å². The Morgan fingerprint density at radius 3 is 2.76 bits per heavy atom. The number of anilines is 3. The molecule has 0 aliphatic carbocycles. The van der Waals surface area contributed by atoms with Crippen molar-refractivity contribution in [3.05, 3.63) is 42.9 Å². The van der Waals surface area contributed by atoms with Crippen LogP contribution in [0.25, 0.3) is 0 Å².